The fourth-order valence-electron chi connectivity index (χ4n) is 1.74. The highest BCUT2D eigenvalue weighted by atomic mass is 32.2. The quantitative estimate of drug-likeness (QED) is 0.808. The van der Waals surface area contributed by atoms with Crippen LogP contribution in [-0.4, -0.2) is 31.9 Å². The van der Waals surface area contributed by atoms with Crippen molar-refractivity contribution in [3.63, 3.8) is 0 Å². The molecule has 20 heavy (non-hydrogen) atoms. The molecule has 5 nitrogen and oxygen atoms in total. The Balaban J connectivity index is 1.95. The summed E-state index contributed by atoms with van der Waals surface area (Å²) in [4.78, 5) is 0. The molecule has 2 rings (SSSR count). The van der Waals surface area contributed by atoms with Gasteiger partial charge in [0.2, 0.25) is 0 Å². The zero-order chi connectivity index (χ0) is 14.8. The molecule has 1 fully saturated rings. The van der Waals surface area contributed by atoms with E-state index in [4.69, 9.17) is 0 Å². The Morgan fingerprint density at radius 1 is 1.25 bits per heavy atom. The maximum Gasteiger partial charge on any atom is 0.301 e. The van der Waals surface area contributed by atoms with E-state index in [0.29, 0.717) is 11.7 Å². The molecule has 6 heteroatoms. The van der Waals surface area contributed by atoms with Crippen LogP contribution in [0, 0.1) is 0 Å². The Morgan fingerprint density at radius 3 is 2.35 bits per heavy atom. The molecule has 0 atom stereocenters. The minimum Gasteiger partial charge on any atom is -0.310 e. The summed E-state index contributed by atoms with van der Waals surface area (Å²) < 4.78 is 28.0. The summed E-state index contributed by atoms with van der Waals surface area (Å²) in [5, 5.41) is 3.43. The largest absolute Gasteiger partial charge is 0.310 e. The summed E-state index contributed by atoms with van der Waals surface area (Å²) >= 11 is 0. The van der Waals surface area contributed by atoms with E-state index in [1.165, 1.54) is 17.1 Å². The normalized spacial score (nSPS) is 15.8. The molecule has 1 aliphatic rings. The van der Waals surface area contributed by atoms with Crippen molar-refractivity contribution in [1.82, 2.24) is 9.62 Å². The van der Waals surface area contributed by atoms with E-state index >= 15 is 0 Å². The third kappa shape index (κ3) is 4.19. The first-order chi connectivity index (χ1) is 9.38. The van der Waals surface area contributed by atoms with Gasteiger partial charge in [-0.3, -0.25) is 4.72 Å². The Bertz CT molecular complexity index is 536. The van der Waals surface area contributed by atoms with E-state index in [1.807, 2.05) is 26.0 Å². The molecule has 0 aliphatic heterocycles. The first kappa shape index (κ1) is 15.3. The third-order valence-electron chi connectivity index (χ3n) is 3.48. The van der Waals surface area contributed by atoms with E-state index in [-0.39, 0.29) is 6.04 Å². The summed E-state index contributed by atoms with van der Waals surface area (Å²) in [7, 11) is -1.90. The Kier molecular flexibility index (Phi) is 4.67. The van der Waals surface area contributed by atoms with Gasteiger partial charge in [-0.25, -0.2) is 0 Å². The van der Waals surface area contributed by atoms with Crippen molar-refractivity contribution in [3.8, 4) is 0 Å². The van der Waals surface area contributed by atoms with Crippen LogP contribution in [0.1, 0.15) is 32.3 Å². The molecule has 1 aromatic rings. The molecular formula is C14H23N3O2S. The number of hydrogen-bond donors (Lipinski definition) is 2. The molecule has 0 bridgehead atoms. The number of nitrogens with zero attached hydrogens (tertiary/aromatic N) is 1. The van der Waals surface area contributed by atoms with E-state index in [1.54, 1.807) is 19.2 Å². The van der Waals surface area contributed by atoms with E-state index < -0.39 is 10.2 Å². The second kappa shape index (κ2) is 6.11. The predicted octanol–water partition coefficient (Wildman–Crippen LogP) is 1.94. The van der Waals surface area contributed by atoms with Gasteiger partial charge in [-0.1, -0.05) is 12.1 Å². The second-order valence-corrected chi connectivity index (χ2v) is 7.30. The Labute approximate surface area is 121 Å². The average Bonchev–Trinajstić information content (AvgIpc) is 3.20. The van der Waals surface area contributed by atoms with Crippen LogP contribution in [0.5, 0.6) is 0 Å². The lowest BCUT2D eigenvalue weighted by Crippen LogP contribution is -2.37. The van der Waals surface area contributed by atoms with Crippen LogP contribution in [0.15, 0.2) is 24.3 Å². The fraction of sp³-hybridized carbons (Fsp3) is 0.571. The molecule has 112 valence electrons. The van der Waals surface area contributed by atoms with Gasteiger partial charge in [0.25, 0.3) is 0 Å². The minimum absolute atomic E-state index is 0.0745. The molecule has 0 spiro atoms. The molecule has 1 aliphatic carbocycles. The van der Waals surface area contributed by atoms with Crippen LogP contribution in [0.25, 0.3) is 0 Å². The van der Waals surface area contributed by atoms with Crippen molar-refractivity contribution < 1.29 is 8.42 Å². The van der Waals surface area contributed by atoms with Gasteiger partial charge in [-0.15, -0.1) is 0 Å². The van der Waals surface area contributed by atoms with Crippen molar-refractivity contribution in [1.29, 1.82) is 0 Å². The zero-order valence-electron chi connectivity index (χ0n) is 12.3. The number of anilines is 1. The second-order valence-electron chi connectivity index (χ2n) is 5.57. The predicted molar refractivity (Wildman–Crippen MR) is 81.7 cm³/mol. The Hall–Kier alpha value is -1.11. The Morgan fingerprint density at radius 2 is 1.85 bits per heavy atom. The number of benzene rings is 1. The first-order valence-corrected chi connectivity index (χ1v) is 8.40. The summed E-state index contributed by atoms with van der Waals surface area (Å²) in [6.45, 7) is 4.52. The van der Waals surface area contributed by atoms with Gasteiger partial charge < -0.3 is 5.32 Å². The van der Waals surface area contributed by atoms with Crippen LogP contribution < -0.4 is 10.0 Å². The molecule has 0 amide bonds. The highest BCUT2D eigenvalue weighted by Crippen LogP contribution is 2.20. The van der Waals surface area contributed by atoms with E-state index in [2.05, 4.69) is 10.0 Å². The topological polar surface area (TPSA) is 61.4 Å². The van der Waals surface area contributed by atoms with Crippen molar-refractivity contribution in [2.24, 2.45) is 0 Å². The third-order valence-corrected chi connectivity index (χ3v) is 5.15. The summed E-state index contributed by atoms with van der Waals surface area (Å²) in [5.41, 5.74) is 1.75. The maximum atomic E-state index is 12.1. The van der Waals surface area contributed by atoms with Gasteiger partial charge >= 0.3 is 10.2 Å². The van der Waals surface area contributed by atoms with Gasteiger partial charge in [-0.2, -0.15) is 12.7 Å². The van der Waals surface area contributed by atoms with Crippen LogP contribution in [0.4, 0.5) is 5.69 Å². The molecule has 2 N–H and O–H groups in total. The number of rotatable bonds is 7. The smallest absolute Gasteiger partial charge is 0.301 e. The molecule has 0 radical (unpaired) electrons. The standard InChI is InChI=1S/C14H23N3O2S/c1-11(2)17(3)20(18,19)16-14-6-4-12(5-7-14)10-15-13-8-9-13/h4-7,11,13,15-16H,8-10H2,1-3H3. The van der Waals surface area contributed by atoms with Crippen LogP contribution in [0.2, 0.25) is 0 Å². The van der Waals surface area contributed by atoms with Crippen molar-refractivity contribution in [2.75, 3.05) is 11.8 Å². The highest BCUT2D eigenvalue weighted by molar-refractivity contribution is 7.90. The SMILES string of the molecule is CC(C)N(C)S(=O)(=O)Nc1ccc(CNC2CC2)cc1. The summed E-state index contributed by atoms with van der Waals surface area (Å²) in [6, 6.07) is 8.10. The van der Waals surface area contributed by atoms with Crippen LogP contribution in [0.3, 0.4) is 0 Å². The van der Waals surface area contributed by atoms with Crippen molar-refractivity contribution in [3.05, 3.63) is 29.8 Å². The number of nitrogens with one attached hydrogen (secondary N) is 2. The first-order valence-electron chi connectivity index (χ1n) is 6.96. The molecule has 0 aromatic heterocycles. The lowest BCUT2D eigenvalue weighted by Gasteiger charge is -2.21. The van der Waals surface area contributed by atoms with E-state index in [9.17, 15) is 8.42 Å². The molecule has 1 saturated carbocycles. The fourth-order valence-corrected chi connectivity index (χ4v) is 2.87. The van der Waals surface area contributed by atoms with Gasteiger partial charge in [-0.05, 0) is 44.4 Å². The van der Waals surface area contributed by atoms with Gasteiger partial charge in [0, 0.05) is 31.4 Å². The van der Waals surface area contributed by atoms with Crippen molar-refractivity contribution in [2.45, 2.75) is 45.3 Å². The van der Waals surface area contributed by atoms with Crippen LogP contribution >= 0.6 is 0 Å². The zero-order valence-corrected chi connectivity index (χ0v) is 13.1. The average molecular weight is 297 g/mol. The monoisotopic (exact) mass is 297 g/mol. The molecule has 0 heterocycles. The van der Waals surface area contributed by atoms with Gasteiger partial charge in [0.05, 0.1) is 0 Å². The lowest BCUT2D eigenvalue weighted by molar-refractivity contribution is 0.414. The maximum absolute atomic E-state index is 12.1. The summed E-state index contributed by atoms with van der Waals surface area (Å²) in [5.74, 6) is 0. The van der Waals surface area contributed by atoms with Gasteiger partial charge in [0.15, 0.2) is 0 Å². The molecule has 1 aromatic carbocycles. The van der Waals surface area contributed by atoms with Crippen LogP contribution in [-0.2, 0) is 16.8 Å². The van der Waals surface area contributed by atoms with E-state index in [0.717, 1.165) is 12.1 Å². The lowest BCUT2D eigenvalue weighted by atomic mass is 10.2. The highest BCUT2D eigenvalue weighted by Gasteiger charge is 2.21. The van der Waals surface area contributed by atoms with Crippen molar-refractivity contribution >= 4 is 15.9 Å². The molecule has 0 unspecified atom stereocenters. The number of hydrogen-bond acceptors (Lipinski definition) is 3. The minimum atomic E-state index is -3.47. The molecule has 0 saturated heterocycles. The molecular weight excluding hydrogens is 274 g/mol. The summed E-state index contributed by atoms with van der Waals surface area (Å²) in [6.07, 6.45) is 2.53. The van der Waals surface area contributed by atoms with Gasteiger partial charge in [0.1, 0.15) is 0 Å².